The van der Waals surface area contributed by atoms with Crippen LogP contribution in [-0.4, -0.2) is 32.1 Å². The van der Waals surface area contributed by atoms with Crippen molar-refractivity contribution < 1.29 is 22.7 Å². The van der Waals surface area contributed by atoms with Gasteiger partial charge < -0.3 is 15.4 Å². The molecular formula is C14H17F3N2O2. The third-order valence-corrected chi connectivity index (χ3v) is 3.45. The lowest BCUT2D eigenvalue weighted by Gasteiger charge is -2.26. The van der Waals surface area contributed by atoms with Crippen molar-refractivity contribution in [2.24, 2.45) is 0 Å². The molecule has 1 aromatic rings. The summed E-state index contributed by atoms with van der Waals surface area (Å²) in [7, 11) is 1.33. The number of benzene rings is 1. The van der Waals surface area contributed by atoms with Gasteiger partial charge in [0.25, 0.3) is 0 Å². The van der Waals surface area contributed by atoms with Crippen LogP contribution in [0, 0.1) is 0 Å². The summed E-state index contributed by atoms with van der Waals surface area (Å²) in [6.07, 6.45) is -3.16. The van der Waals surface area contributed by atoms with Crippen LogP contribution in [0.1, 0.15) is 17.5 Å². The topological polar surface area (TPSA) is 50.4 Å². The van der Waals surface area contributed by atoms with E-state index in [1.165, 1.54) is 13.2 Å². The number of alkyl halides is 3. The molecule has 1 saturated heterocycles. The second-order valence-electron chi connectivity index (χ2n) is 4.86. The molecule has 0 unspecified atom stereocenters. The summed E-state index contributed by atoms with van der Waals surface area (Å²) in [6, 6.07) is 3.24. The van der Waals surface area contributed by atoms with Gasteiger partial charge in [0, 0.05) is 6.54 Å². The monoisotopic (exact) mass is 302 g/mol. The second-order valence-corrected chi connectivity index (χ2v) is 4.86. The number of hydrogen-bond acceptors (Lipinski definition) is 3. The normalized spacial score (nSPS) is 18.0. The fourth-order valence-corrected chi connectivity index (χ4v) is 2.08. The number of halogens is 3. The van der Waals surface area contributed by atoms with E-state index in [-0.39, 0.29) is 17.7 Å². The minimum Gasteiger partial charge on any atom is -0.496 e. The van der Waals surface area contributed by atoms with Gasteiger partial charge in [-0.25, -0.2) is 0 Å². The lowest BCUT2D eigenvalue weighted by atomic mass is 10.1. The van der Waals surface area contributed by atoms with Crippen molar-refractivity contribution in [2.75, 3.05) is 20.2 Å². The number of nitrogens with one attached hydrogen (secondary N) is 2. The maximum atomic E-state index is 12.6. The van der Waals surface area contributed by atoms with Crippen molar-refractivity contribution in [3.05, 3.63) is 29.3 Å². The summed E-state index contributed by atoms with van der Waals surface area (Å²) in [5, 5.41) is 5.73. The van der Waals surface area contributed by atoms with Crippen molar-refractivity contribution >= 4 is 5.91 Å². The highest BCUT2D eigenvalue weighted by Crippen LogP contribution is 2.33. The average Bonchev–Trinajstić information content (AvgIpc) is 2.35. The summed E-state index contributed by atoms with van der Waals surface area (Å²) < 4.78 is 42.8. The van der Waals surface area contributed by atoms with Crippen LogP contribution in [0.3, 0.4) is 0 Å². The van der Waals surface area contributed by atoms with Gasteiger partial charge in [-0.1, -0.05) is 6.07 Å². The molecule has 2 N–H and O–H groups in total. The van der Waals surface area contributed by atoms with E-state index in [2.05, 4.69) is 10.6 Å². The van der Waals surface area contributed by atoms with Crippen LogP contribution >= 0.6 is 0 Å². The van der Waals surface area contributed by atoms with Crippen molar-refractivity contribution in [3.8, 4) is 5.75 Å². The average molecular weight is 302 g/mol. The Morgan fingerprint density at radius 2 is 2.19 bits per heavy atom. The first kappa shape index (κ1) is 15.6. The third kappa shape index (κ3) is 3.87. The van der Waals surface area contributed by atoms with Gasteiger partial charge in [0.15, 0.2) is 0 Å². The predicted molar refractivity (Wildman–Crippen MR) is 71.1 cm³/mol. The molecule has 1 aliphatic heterocycles. The summed E-state index contributed by atoms with van der Waals surface area (Å²) in [5.74, 6) is 0.105. The van der Waals surface area contributed by atoms with E-state index in [0.29, 0.717) is 18.5 Å². The molecule has 4 nitrogen and oxygen atoms in total. The number of amides is 1. The minimum atomic E-state index is -4.39. The third-order valence-electron chi connectivity index (χ3n) is 3.45. The molecule has 0 bridgehead atoms. The van der Waals surface area contributed by atoms with Gasteiger partial charge in [-0.2, -0.15) is 13.2 Å². The highest BCUT2D eigenvalue weighted by atomic mass is 19.4. The molecule has 1 amide bonds. The maximum Gasteiger partial charge on any atom is 0.416 e. The zero-order chi connectivity index (χ0) is 15.5. The Morgan fingerprint density at radius 3 is 2.71 bits per heavy atom. The van der Waals surface area contributed by atoms with E-state index in [0.717, 1.165) is 25.1 Å². The predicted octanol–water partition coefficient (Wildman–Crippen LogP) is 1.73. The van der Waals surface area contributed by atoms with Crippen molar-refractivity contribution in [1.29, 1.82) is 0 Å². The minimum absolute atomic E-state index is 0.0767. The number of ether oxygens (including phenoxy) is 1. The van der Waals surface area contributed by atoms with Gasteiger partial charge in [-0.15, -0.1) is 0 Å². The summed E-state index contributed by atoms with van der Waals surface area (Å²) >= 11 is 0. The van der Waals surface area contributed by atoms with Gasteiger partial charge in [0.05, 0.1) is 18.7 Å². The standard InChI is InChI=1S/C14H17F3N2O2/c1-21-12-8-10(14(15,16)17)3-2-9(12)4-6-19-13(20)11-5-7-18-11/h2-3,8,11,18H,4-7H2,1H3,(H,19,20)/t11-/m0/s1. The lowest BCUT2D eigenvalue weighted by molar-refractivity contribution is -0.137. The number of methoxy groups -OCH3 is 1. The summed E-state index contributed by atoms with van der Waals surface area (Å²) in [5.41, 5.74) is -0.113. The van der Waals surface area contributed by atoms with Crippen LogP contribution in [0.5, 0.6) is 5.75 Å². The molecule has 1 aliphatic rings. The Morgan fingerprint density at radius 1 is 1.48 bits per heavy atom. The van der Waals surface area contributed by atoms with Crippen molar-refractivity contribution in [3.63, 3.8) is 0 Å². The van der Waals surface area contributed by atoms with Gasteiger partial charge in [-0.05, 0) is 37.1 Å². The van der Waals surface area contributed by atoms with Crippen LogP contribution in [0.4, 0.5) is 13.2 Å². The molecule has 2 rings (SSSR count). The molecule has 0 spiro atoms. The molecule has 0 aliphatic carbocycles. The molecule has 21 heavy (non-hydrogen) atoms. The zero-order valence-electron chi connectivity index (χ0n) is 11.6. The zero-order valence-corrected chi connectivity index (χ0v) is 11.6. The molecule has 1 heterocycles. The summed E-state index contributed by atoms with van der Waals surface area (Å²) in [6.45, 7) is 1.20. The van der Waals surface area contributed by atoms with Gasteiger partial charge in [-0.3, -0.25) is 4.79 Å². The molecule has 0 radical (unpaired) electrons. The lowest BCUT2D eigenvalue weighted by Crippen LogP contribution is -2.53. The molecule has 1 atom stereocenters. The molecule has 0 saturated carbocycles. The Kier molecular flexibility index (Phi) is 4.72. The molecule has 1 aromatic carbocycles. The van der Waals surface area contributed by atoms with Crippen molar-refractivity contribution in [1.82, 2.24) is 10.6 Å². The number of hydrogen-bond donors (Lipinski definition) is 2. The number of carbonyl (C=O) groups is 1. The first-order valence-electron chi connectivity index (χ1n) is 6.67. The van der Waals surface area contributed by atoms with E-state index in [4.69, 9.17) is 4.74 Å². The molecule has 0 aromatic heterocycles. The highest BCUT2D eigenvalue weighted by Gasteiger charge is 2.31. The first-order valence-corrected chi connectivity index (χ1v) is 6.67. The number of carbonyl (C=O) groups excluding carboxylic acids is 1. The van der Waals surface area contributed by atoms with Gasteiger partial charge >= 0.3 is 6.18 Å². The second kappa shape index (κ2) is 6.34. The van der Waals surface area contributed by atoms with Crippen LogP contribution < -0.4 is 15.4 Å². The Balaban J connectivity index is 1.94. The van der Waals surface area contributed by atoms with Gasteiger partial charge in [0.1, 0.15) is 5.75 Å². The van der Waals surface area contributed by atoms with E-state index < -0.39 is 11.7 Å². The fraction of sp³-hybridized carbons (Fsp3) is 0.500. The molecule has 1 fully saturated rings. The van der Waals surface area contributed by atoms with Crippen LogP contribution in [0.2, 0.25) is 0 Å². The first-order chi connectivity index (χ1) is 9.91. The maximum absolute atomic E-state index is 12.6. The van der Waals surface area contributed by atoms with Gasteiger partial charge in [0.2, 0.25) is 5.91 Å². The quantitative estimate of drug-likeness (QED) is 0.871. The summed E-state index contributed by atoms with van der Waals surface area (Å²) in [4.78, 5) is 11.6. The van der Waals surface area contributed by atoms with E-state index >= 15 is 0 Å². The molecule has 7 heteroatoms. The van der Waals surface area contributed by atoms with Crippen LogP contribution in [-0.2, 0) is 17.4 Å². The molecule has 116 valence electrons. The SMILES string of the molecule is COc1cc(C(F)(F)F)ccc1CCNC(=O)[C@@H]1CCN1. The number of rotatable bonds is 5. The largest absolute Gasteiger partial charge is 0.496 e. The van der Waals surface area contributed by atoms with E-state index in [9.17, 15) is 18.0 Å². The van der Waals surface area contributed by atoms with Crippen LogP contribution in [0.15, 0.2) is 18.2 Å². The van der Waals surface area contributed by atoms with E-state index in [1.807, 2.05) is 0 Å². The Hall–Kier alpha value is -1.76. The van der Waals surface area contributed by atoms with Crippen molar-refractivity contribution in [2.45, 2.75) is 25.1 Å². The highest BCUT2D eigenvalue weighted by molar-refractivity contribution is 5.82. The Bertz CT molecular complexity index is 513. The smallest absolute Gasteiger partial charge is 0.416 e. The van der Waals surface area contributed by atoms with Crippen LogP contribution in [0.25, 0.3) is 0 Å². The molecular weight excluding hydrogens is 285 g/mol. The van der Waals surface area contributed by atoms with E-state index in [1.54, 1.807) is 0 Å². The fourth-order valence-electron chi connectivity index (χ4n) is 2.08. The Labute approximate surface area is 120 Å².